The first-order valence-corrected chi connectivity index (χ1v) is 9.46. The number of fused-ring (bicyclic) bond motifs is 5. The summed E-state index contributed by atoms with van der Waals surface area (Å²) < 4.78 is 5.39. The van der Waals surface area contributed by atoms with Gasteiger partial charge in [-0.1, -0.05) is 30.3 Å². The van der Waals surface area contributed by atoms with Crippen molar-refractivity contribution in [3.8, 4) is 5.75 Å². The highest BCUT2D eigenvalue weighted by atomic mass is 16.6. The van der Waals surface area contributed by atoms with Crippen LogP contribution in [0, 0.1) is 0 Å². The largest absolute Gasteiger partial charge is 0.508 e. The predicted octanol–water partition coefficient (Wildman–Crippen LogP) is 5.08. The van der Waals surface area contributed by atoms with Gasteiger partial charge in [0, 0.05) is 6.04 Å². The Morgan fingerprint density at radius 3 is 2.59 bits per heavy atom. The number of phenols is 1. The second-order valence-corrected chi connectivity index (χ2v) is 8.36. The van der Waals surface area contributed by atoms with Crippen LogP contribution in [0.25, 0.3) is 21.5 Å². The van der Waals surface area contributed by atoms with Crippen LogP contribution in [0.5, 0.6) is 5.75 Å². The van der Waals surface area contributed by atoms with Gasteiger partial charge in [-0.05, 0) is 84.8 Å². The van der Waals surface area contributed by atoms with Crippen LogP contribution in [0.4, 0.5) is 4.79 Å². The van der Waals surface area contributed by atoms with Crippen LogP contribution < -0.4 is 5.32 Å². The molecule has 140 valence electrons. The van der Waals surface area contributed by atoms with Gasteiger partial charge in [0.25, 0.3) is 0 Å². The molecule has 27 heavy (non-hydrogen) atoms. The van der Waals surface area contributed by atoms with Crippen molar-refractivity contribution in [2.75, 3.05) is 0 Å². The molecular formula is C23H25NO3. The molecule has 4 rings (SSSR count). The minimum atomic E-state index is -0.484. The maximum absolute atomic E-state index is 12.1. The molecule has 1 aliphatic rings. The number of alkyl carbamates (subject to hydrolysis) is 1. The smallest absolute Gasteiger partial charge is 0.407 e. The van der Waals surface area contributed by atoms with E-state index in [2.05, 4.69) is 29.6 Å². The monoisotopic (exact) mass is 363 g/mol. The van der Waals surface area contributed by atoms with E-state index in [1.54, 1.807) is 12.1 Å². The van der Waals surface area contributed by atoms with Gasteiger partial charge < -0.3 is 15.2 Å². The molecule has 1 amide bonds. The number of rotatable bonds is 1. The van der Waals surface area contributed by atoms with Crippen molar-refractivity contribution in [2.24, 2.45) is 0 Å². The fourth-order valence-corrected chi connectivity index (χ4v) is 4.01. The Labute approximate surface area is 159 Å². The molecule has 4 heteroatoms. The summed E-state index contributed by atoms with van der Waals surface area (Å²) in [6.45, 7) is 5.62. The lowest BCUT2D eigenvalue weighted by Crippen LogP contribution is -2.41. The van der Waals surface area contributed by atoms with E-state index in [9.17, 15) is 9.90 Å². The summed E-state index contributed by atoms with van der Waals surface area (Å²) in [4.78, 5) is 12.1. The molecule has 2 N–H and O–H groups in total. The lowest BCUT2D eigenvalue weighted by atomic mass is 9.84. The van der Waals surface area contributed by atoms with Crippen LogP contribution in [0.1, 0.15) is 38.3 Å². The van der Waals surface area contributed by atoms with Crippen LogP contribution in [-0.2, 0) is 17.6 Å². The average molecular weight is 363 g/mol. The van der Waals surface area contributed by atoms with E-state index >= 15 is 0 Å². The summed E-state index contributed by atoms with van der Waals surface area (Å²) in [7, 11) is 0. The van der Waals surface area contributed by atoms with Crippen LogP contribution in [-0.4, -0.2) is 22.8 Å². The topological polar surface area (TPSA) is 58.6 Å². The lowest BCUT2D eigenvalue weighted by molar-refractivity contribution is 0.0500. The van der Waals surface area contributed by atoms with Gasteiger partial charge in [-0.3, -0.25) is 0 Å². The van der Waals surface area contributed by atoms with Gasteiger partial charge in [0.1, 0.15) is 11.4 Å². The van der Waals surface area contributed by atoms with Gasteiger partial charge in [0.05, 0.1) is 0 Å². The number of aromatic hydroxyl groups is 1. The highest BCUT2D eigenvalue weighted by Gasteiger charge is 2.24. The van der Waals surface area contributed by atoms with E-state index in [0.717, 1.165) is 30.0 Å². The Morgan fingerprint density at radius 1 is 1.07 bits per heavy atom. The maximum atomic E-state index is 12.1. The van der Waals surface area contributed by atoms with Crippen LogP contribution in [0.3, 0.4) is 0 Å². The van der Waals surface area contributed by atoms with E-state index in [1.165, 1.54) is 21.9 Å². The second-order valence-electron chi connectivity index (χ2n) is 8.36. The first-order valence-electron chi connectivity index (χ1n) is 9.46. The van der Waals surface area contributed by atoms with Gasteiger partial charge in [0.15, 0.2) is 0 Å². The molecular weight excluding hydrogens is 338 g/mol. The predicted molar refractivity (Wildman–Crippen MR) is 108 cm³/mol. The number of hydrogen-bond acceptors (Lipinski definition) is 3. The molecule has 0 spiro atoms. The molecule has 0 saturated carbocycles. The molecule has 0 aromatic heterocycles. The van der Waals surface area contributed by atoms with E-state index in [4.69, 9.17) is 4.74 Å². The average Bonchev–Trinajstić information content (AvgIpc) is 2.58. The van der Waals surface area contributed by atoms with Crippen LogP contribution in [0.15, 0.2) is 42.5 Å². The van der Waals surface area contributed by atoms with E-state index < -0.39 is 5.60 Å². The van der Waals surface area contributed by atoms with Crippen molar-refractivity contribution in [3.63, 3.8) is 0 Å². The third-order valence-electron chi connectivity index (χ3n) is 5.14. The Kier molecular flexibility index (Phi) is 4.22. The van der Waals surface area contributed by atoms with Gasteiger partial charge in [-0.2, -0.15) is 0 Å². The first kappa shape index (κ1) is 17.7. The number of carbonyl (C=O) groups excluding carboxylic acids is 1. The lowest BCUT2D eigenvalue weighted by Gasteiger charge is -2.28. The van der Waals surface area contributed by atoms with Crippen LogP contribution in [0.2, 0.25) is 0 Å². The third-order valence-corrected chi connectivity index (χ3v) is 5.14. The molecule has 0 radical (unpaired) electrons. The third kappa shape index (κ3) is 3.57. The summed E-state index contributed by atoms with van der Waals surface area (Å²) in [6.07, 6.45) is 2.30. The van der Waals surface area contributed by atoms with Gasteiger partial charge >= 0.3 is 6.09 Å². The van der Waals surface area contributed by atoms with Crippen molar-refractivity contribution in [2.45, 2.75) is 51.7 Å². The van der Waals surface area contributed by atoms with Crippen molar-refractivity contribution in [3.05, 3.63) is 53.6 Å². The molecule has 0 saturated heterocycles. The number of amides is 1. The Hall–Kier alpha value is -2.75. The highest BCUT2D eigenvalue weighted by Crippen LogP contribution is 2.34. The molecule has 3 aromatic rings. The number of aryl methyl sites for hydroxylation is 1. The Balaban J connectivity index is 1.63. The Bertz CT molecular complexity index is 1030. The molecule has 0 bridgehead atoms. The summed E-state index contributed by atoms with van der Waals surface area (Å²) in [5.74, 6) is 0.288. The summed E-state index contributed by atoms with van der Waals surface area (Å²) >= 11 is 0. The first-order chi connectivity index (χ1) is 12.8. The summed E-state index contributed by atoms with van der Waals surface area (Å²) in [6, 6.07) is 14.2. The fourth-order valence-electron chi connectivity index (χ4n) is 4.01. The molecule has 1 atom stereocenters. The van der Waals surface area contributed by atoms with E-state index in [1.807, 2.05) is 26.8 Å². The summed E-state index contributed by atoms with van der Waals surface area (Å²) in [5.41, 5.74) is 2.17. The normalized spacial score (nSPS) is 16.9. The van der Waals surface area contributed by atoms with Crippen molar-refractivity contribution < 1.29 is 14.6 Å². The molecule has 3 aromatic carbocycles. The molecule has 0 fully saturated rings. The molecule has 1 aliphatic carbocycles. The van der Waals surface area contributed by atoms with Gasteiger partial charge in [0.2, 0.25) is 0 Å². The minimum Gasteiger partial charge on any atom is -0.508 e. The number of nitrogens with one attached hydrogen (secondary N) is 1. The maximum Gasteiger partial charge on any atom is 0.407 e. The number of carbonyl (C=O) groups is 1. The van der Waals surface area contributed by atoms with Gasteiger partial charge in [-0.15, -0.1) is 0 Å². The fraction of sp³-hybridized carbons (Fsp3) is 0.348. The quantitative estimate of drug-likeness (QED) is 0.593. The molecule has 0 heterocycles. The van der Waals surface area contributed by atoms with E-state index in [-0.39, 0.29) is 17.9 Å². The highest BCUT2D eigenvalue weighted by molar-refractivity contribution is 6.09. The van der Waals surface area contributed by atoms with Crippen molar-refractivity contribution in [1.29, 1.82) is 0 Å². The number of phenolic OH excluding ortho intramolecular Hbond substituents is 1. The molecule has 4 nitrogen and oxygen atoms in total. The second kappa shape index (κ2) is 6.45. The van der Waals surface area contributed by atoms with Crippen molar-refractivity contribution >= 4 is 27.6 Å². The number of benzene rings is 3. The van der Waals surface area contributed by atoms with Gasteiger partial charge in [-0.25, -0.2) is 4.79 Å². The zero-order chi connectivity index (χ0) is 19.2. The molecule has 0 aliphatic heterocycles. The Morgan fingerprint density at radius 2 is 1.81 bits per heavy atom. The summed E-state index contributed by atoms with van der Waals surface area (Å²) in [5, 5.41) is 17.4. The number of ether oxygens (including phenoxy) is 1. The van der Waals surface area contributed by atoms with E-state index in [0.29, 0.717) is 0 Å². The minimum absolute atomic E-state index is 0.0993. The standard InChI is InChI=1S/C23H25NO3/c1-23(2,3)27-22(26)24-16-6-10-18-14(12-16)4-8-21-19-11-7-17(25)13-15(19)5-9-20(18)21/h4-5,7-9,11,13,16,25H,6,10,12H2,1-3H3,(H,24,26)/t16-/m0/s1. The van der Waals surface area contributed by atoms with Crippen LogP contribution >= 0.6 is 0 Å². The zero-order valence-corrected chi connectivity index (χ0v) is 16.0. The van der Waals surface area contributed by atoms with Crippen molar-refractivity contribution in [1.82, 2.24) is 5.32 Å². The zero-order valence-electron chi connectivity index (χ0n) is 16.0. The molecule has 0 unspecified atom stereocenters. The SMILES string of the molecule is CC(C)(C)OC(=O)N[C@H]1CCc2c(ccc3c2ccc2cc(O)ccc23)C1. The number of hydrogen-bond donors (Lipinski definition) is 2.